The summed E-state index contributed by atoms with van der Waals surface area (Å²) in [6, 6.07) is 5.52. The van der Waals surface area contributed by atoms with Crippen LogP contribution in [0.25, 0.3) is 11.1 Å². The summed E-state index contributed by atoms with van der Waals surface area (Å²) in [5, 5.41) is 8.46. The topological polar surface area (TPSA) is 84.2 Å². The predicted molar refractivity (Wildman–Crippen MR) is 104 cm³/mol. The number of hydrogen-bond acceptors (Lipinski definition) is 6. The molecule has 1 N–H and O–H groups in total. The number of rotatable bonds is 3. The minimum Gasteiger partial charge on any atom is -0.355 e. The first-order valence-electron chi connectivity index (χ1n) is 8.92. The minimum atomic E-state index is -0.137. The summed E-state index contributed by atoms with van der Waals surface area (Å²) >= 11 is 6.16. The molecule has 1 amide bonds. The summed E-state index contributed by atoms with van der Waals surface area (Å²) in [7, 11) is 0. The maximum Gasteiger partial charge on any atom is 0.263 e. The van der Waals surface area contributed by atoms with Gasteiger partial charge in [-0.3, -0.25) is 4.79 Å². The van der Waals surface area contributed by atoms with Crippen LogP contribution in [0.5, 0.6) is 0 Å². The van der Waals surface area contributed by atoms with Gasteiger partial charge >= 0.3 is 0 Å². The molecule has 2 aromatic heterocycles. The molecule has 0 radical (unpaired) electrons. The monoisotopic (exact) mass is 385 g/mol. The van der Waals surface area contributed by atoms with Crippen LogP contribution in [0.3, 0.4) is 0 Å². The first kappa shape index (κ1) is 17.7. The van der Waals surface area contributed by atoms with Crippen molar-refractivity contribution >= 4 is 40.1 Å². The number of aromatic nitrogens is 3. The summed E-state index contributed by atoms with van der Waals surface area (Å²) < 4.78 is 5.24. The normalized spacial score (nSPS) is 17.3. The molecule has 8 heteroatoms. The molecule has 0 spiro atoms. The van der Waals surface area contributed by atoms with Gasteiger partial charge in [0.25, 0.3) is 5.71 Å². The van der Waals surface area contributed by atoms with E-state index in [1.807, 2.05) is 32.0 Å². The molecule has 0 bridgehead atoms. The highest BCUT2D eigenvalue weighted by Gasteiger charge is 2.29. The molecule has 1 aromatic carbocycles. The van der Waals surface area contributed by atoms with Crippen LogP contribution in [0, 0.1) is 19.8 Å². The van der Waals surface area contributed by atoms with Gasteiger partial charge in [-0.15, -0.1) is 0 Å². The summed E-state index contributed by atoms with van der Waals surface area (Å²) in [5.74, 6) is 0.634. The number of carbonyl (C=O) groups excluding carboxylic acids is 1. The van der Waals surface area contributed by atoms with Gasteiger partial charge in [-0.25, -0.2) is 4.98 Å². The number of benzene rings is 1. The molecule has 1 atom stereocenters. The SMILES string of the molecule is Cc1c(Cl)cccc1NC(=O)[C@H]1CCCN(c2ncnc3onc(C)c23)C1. The van der Waals surface area contributed by atoms with Gasteiger partial charge in [0.05, 0.1) is 11.6 Å². The average molecular weight is 386 g/mol. The molecule has 3 heterocycles. The molecule has 0 unspecified atom stereocenters. The summed E-state index contributed by atoms with van der Waals surface area (Å²) in [6.07, 6.45) is 3.21. The lowest BCUT2D eigenvalue weighted by Gasteiger charge is -2.33. The first-order valence-corrected chi connectivity index (χ1v) is 9.30. The Morgan fingerprint density at radius 3 is 3.04 bits per heavy atom. The van der Waals surface area contributed by atoms with E-state index in [1.54, 1.807) is 0 Å². The van der Waals surface area contributed by atoms with Gasteiger partial charge in [-0.2, -0.15) is 4.98 Å². The first-order chi connectivity index (χ1) is 13.0. The van der Waals surface area contributed by atoms with Crippen LogP contribution in [0.1, 0.15) is 24.1 Å². The standard InChI is InChI=1S/C19H20ClN5O2/c1-11-14(20)6-3-7-15(11)23-18(26)13-5-4-8-25(9-13)17-16-12(2)24-27-19(16)22-10-21-17/h3,6-7,10,13H,4-5,8-9H2,1-2H3,(H,23,26)/t13-/m0/s1. The van der Waals surface area contributed by atoms with Crippen LogP contribution in [-0.2, 0) is 4.79 Å². The van der Waals surface area contributed by atoms with Crippen LogP contribution in [0.15, 0.2) is 29.0 Å². The highest BCUT2D eigenvalue weighted by Crippen LogP contribution is 2.30. The summed E-state index contributed by atoms with van der Waals surface area (Å²) in [5.41, 5.74) is 2.85. The Kier molecular flexibility index (Phi) is 4.70. The number of piperidine rings is 1. The fourth-order valence-electron chi connectivity index (χ4n) is 3.50. The van der Waals surface area contributed by atoms with Gasteiger partial charge in [0.2, 0.25) is 5.91 Å². The van der Waals surface area contributed by atoms with E-state index in [2.05, 4.69) is 25.3 Å². The third-order valence-corrected chi connectivity index (χ3v) is 5.45. The molecule has 0 aliphatic carbocycles. The van der Waals surface area contributed by atoms with Gasteiger partial charge in [-0.1, -0.05) is 22.8 Å². The summed E-state index contributed by atoms with van der Waals surface area (Å²) in [4.78, 5) is 23.5. The molecule has 0 saturated carbocycles. The number of hydrogen-bond donors (Lipinski definition) is 1. The predicted octanol–water partition coefficient (Wildman–Crippen LogP) is 3.74. The zero-order valence-corrected chi connectivity index (χ0v) is 16.0. The number of amides is 1. The molecule has 3 aromatic rings. The van der Waals surface area contributed by atoms with Crippen molar-refractivity contribution in [3.63, 3.8) is 0 Å². The molecule has 7 nitrogen and oxygen atoms in total. The van der Waals surface area contributed by atoms with Gasteiger partial charge in [-0.05, 0) is 44.4 Å². The second-order valence-electron chi connectivity index (χ2n) is 6.83. The van der Waals surface area contributed by atoms with E-state index in [0.29, 0.717) is 17.3 Å². The molecule has 1 aliphatic heterocycles. The molecule has 1 saturated heterocycles. The van der Waals surface area contributed by atoms with Gasteiger partial charge in [0.1, 0.15) is 17.5 Å². The molecule has 4 rings (SSSR count). The lowest BCUT2D eigenvalue weighted by atomic mass is 9.96. The molecule has 1 aliphatic rings. The van der Waals surface area contributed by atoms with Crippen molar-refractivity contribution in [3.05, 3.63) is 40.8 Å². The van der Waals surface area contributed by atoms with Crippen LogP contribution in [-0.4, -0.2) is 34.1 Å². The van der Waals surface area contributed by atoms with E-state index in [4.69, 9.17) is 16.1 Å². The molecular weight excluding hydrogens is 366 g/mol. The van der Waals surface area contributed by atoms with E-state index in [1.165, 1.54) is 6.33 Å². The highest BCUT2D eigenvalue weighted by molar-refractivity contribution is 6.31. The van der Waals surface area contributed by atoms with Crippen molar-refractivity contribution in [2.45, 2.75) is 26.7 Å². The fraction of sp³-hybridized carbons (Fsp3) is 0.368. The number of nitrogens with one attached hydrogen (secondary N) is 1. The quantitative estimate of drug-likeness (QED) is 0.739. The molecule has 140 valence electrons. The van der Waals surface area contributed by atoms with E-state index < -0.39 is 0 Å². The van der Waals surface area contributed by atoms with E-state index in [0.717, 1.165) is 47.5 Å². The number of aryl methyl sites for hydroxylation is 1. The Bertz CT molecular complexity index is 1000. The third-order valence-electron chi connectivity index (χ3n) is 5.04. The van der Waals surface area contributed by atoms with Crippen molar-refractivity contribution < 1.29 is 9.32 Å². The number of nitrogens with zero attached hydrogens (tertiary/aromatic N) is 4. The van der Waals surface area contributed by atoms with Crippen LogP contribution >= 0.6 is 11.6 Å². The third kappa shape index (κ3) is 3.35. The molecule has 27 heavy (non-hydrogen) atoms. The lowest BCUT2D eigenvalue weighted by Crippen LogP contribution is -2.41. The van der Waals surface area contributed by atoms with Crippen LogP contribution in [0.4, 0.5) is 11.5 Å². The minimum absolute atomic E-state index is 0.00240. The summed E-state index contributed by atoms with van der Waals surface area (Å²) in [6.45, 7) is 5.19. The Morgan fingerprint density at radius 1 is 1.33 bits per heavy atom. The van der Waals surface area contributed by atoms with E-state index >= 15 is 0 Å². The van der Waals surface area contributed by atoms with E-state index in [-0.39, 0.29) is 11.8 Å². The van der Waals surface area contributed by atoms with Crippen LogP contribution < -0.4 is 10.2 Å². The van der Waals surface area contributed by atoms with Gasteiger partial charge < -0.3 is 14.7 Å². The van der Waals surface area contributed by atoms with Crippen molar-refractivity contribution in [3.8, 4) is 0 Å². The second-order valence-corrected chi connectivity index (χ2v) is 7.24. The maximum atomic E-state index is 12.8. The Balaban J connectivity index is 1.55. The van der Waals surface area contributed by atoms with Crippen molar-refractivity contribution in [2.75, 3.05) is 23.3 Å². The fourth-order valence-corrected chi connectivity index (χ4v) is 3.68. The molecule has 1 fully saturated rings. The number of fused-ring (bicyclic) bond motifs is 1. The van der Waals surface area contributed by atoms with Gasteiger partial charge in [0, 0.05) is 23.8 Å². The highest BCUT2D eigenvalue weighted by atomic mass is 35.5. The largest absolute Gasteiger partial charge is 0.355 e. The Labute approximate surface area is 161 Å². The number of carbonyl (C=O) groups is 1. The zero-order chi connectivity index (χ0) is 19.0. The van der Waals surface area contributed by atoms with E-state index in [9.17, 15) is 4.79 Å². The Hall–Kier alpha value is -2.67. The lowest BCUT2D eigenvalue weighted by molar-refractivity contribution is -0.120. The van der Waals surface area contributed by atoms with Gasteiger partial charge in [0.15, 0.2) is 0 Å². The van der Waals surface area contributed by atoms with Crippen molar-refractivity contribution in [1.29, 1.82) is 0 Å². The number of halogens is 1. The average Bonchev–Trinajstić information content (AvgIpc) is 3.07. The molecular formula is C19H20ClN5O2. The number of anilines is 2. The smallest absolute Gasteiger partial charge is 0.263 e. The van der Waals surface area contributed by atoms with Crippen LogP contribution in [0.2, 0.25) is 5.02 Å². The zero-order valence-electron chi connectivity index (χ0n) is 15.2. The van der Waals surface area contributed by atoms with Crippen molar-refractivity contribution in [2.24, 2.45) is 5.92 Å². The maximum absolute atomic E-state index is 12.8. The Morgan fingerprint density at radius 2 is 2.19 bits per heavy atom. The van der Waals surface area contributed by atoms with Crippen molar-refractivity contribution in [1.82, 2.24) is 15.1 Å². The second kappa shape index (κ2) is 7.15.